The molecule has 0 spiro atoms. The number of benzene rings is 2. The molecule has 0 heterocycles. The third-order valence-electron chi connectivity index (χ3n) is 2.74. The van der Waals surface area contributed by atoms with Gasteiger partial charge in [0.2, 0.25) is 0 Å². The number of hydrogen-bond acceptors (Lipinski definition) is 3. The molecule has 104 valence electrons. The molecule has 0 radical (unpaired) electrons. The minimum atomic E-state index is -0.972. The fourth-order valence-electron chi connectivity index (χ4n) is 1.72. The molecule has 0 atom stereocenters. The summed E-state index contributed by atoms with van der Waals surface area (Å²) in [6, 6.07) is 10.9. The van der Waals surface area contributed by atoms with Crippen molar-refractivity contribution in [3.63, 3.8) is 0 Å². The first kappa shape index (κ1) is 14.4. The second-order valence-corrected chi connectivity index (χ2v) is 5.12. The van der Waals surface area contributed by atoms with Gasteiger partial charge in [-0.15, -0.1) is 11.8 Å². The van der Waals surface area contributed by atoms with Crippen LogP contribution in [0.3, 0.4) is 0 Å². The van der Waals surface area contributed by atoms with Gasteiger partial charge in [0.1, 0.15) is 11.6 Å². The van der Waals surface area contributed by atoms with E-state index in [1.165, 1.54) is 30.0 Å². The summed E-state index contributed by atoms with van der Waals surface area (Å²) >= 11 is 1.49. The first-order valence-corrected chi connectivity index (χ1v) is 6.87. The first-order chi connectivity index (χ1) is 9.60. The second kappa shape index (κ2) is 6.43. The lowest BCUT2D eigenvalue weighted by Crippen LogP contribution is -1.99. The molecule has 0 saturated carbocycles. The zero-order valence-electron chi connectivity index (χ0n) is 10.8. The van der Waals surface area contributed by atoms with Crippen LogP contribution >= 0.6 is 11.8 Å². The zero-order chi connectivity index (χ0) is 14.5. The summed E-state index contributed by atoms with van der Waals surface area (Å²) in [4.78, 5) is 11.9. The SMILES string of the molecule is COc1ccc(C(=O)O)cc1CSc1ccc(F)cc1. The van der Waals surface area contributed by atoms with Crippen molar-refractivity contribution in [3.05, 3.63) is 59.4 Å². The minimum Gasteiger partial charge on any atom is -0.496 e. The largest absolute Gasteiger partial charge is 0.496 e. The van der Waals surface area contributed by atoms with Gasteiger partial charge in [0, 0.05) is 16.2 Å². The molecule has 20 heavy (non-hydrogen) atoms. The Labute approximate surface area is 120 Å². The number of carboxylic acid groups (broad SMARTS) is 1. The van der Waals surface area contributed by atoms with E-state index in [0.29, 0.717) is 11.5 Å². The highest BCUT2D eigenvalue weighted by atomic mass is 32.2. The number of halogens is 1. The van der Waals surface area contributed by atoms with Gasteiger partial charge in [0.05, 0.1) is 12.7 Å². The smallest absolute Gasteiger partial charge is 0.335 e. The Kier molecular flexibility index (Phi) is 4.63. The van der Waals surface area contributed by atoms with E-state index in [1.807, 2.05) is 0 Å². The van der Waals surface area contributed by atoms with Gasteiger partial charge in [0.25, 0.3) is 0 Å². The molecule has 0 fully saturated rings. The topological polar surface area (TPSA) is 46.5 Å². The summed E-state index contributed by atoms with van der Waals surface area (Å²) in [7, 11) is 1.54. The molecule has 0 aromatic heterocycles. The van der Waals surface area contributed by atoms with Gasteiger partial charge in [-0.3, -0.25) is 0 Å². The summed E-state index contributed by atoms with van der Waals surface area (Å²) in [5, 5.41) is 9.00. The Bertz CT molecular complexity index is 611. The van der Waals surface area contributed by atoms with Crippen LogP contribution < -0.4 is 4.74 Å². The molecule has 2 aromatic carbocycles. The Morgan fingerprint density at radius 2 is 1.95 bits per heavy atom. The number of carbonyl (C=O) groups is 1. The van der Waals surface area contributed by atoms with Crippen molar-refractivity contribution >= 4 is 17.7 Å². The van der Waals surface area contributed by atoms with Crippen LogP contribution in [0.1, 0.15) is 15.9 Å². The summed E-state index contributed by atoms with van der Waals surface area (Å²) < 4.78 is 18.0. The molecule has 0 aliphatic heterocycles. The van der Waals surface area contributed by atoms with Gasteiger partial charge in [0.15, 0.2) is 0 Å². The number of thioether (sulfide) groups is 1. The summed E-state index contributed by atoms with van der Waals surface area (Å²) in [6.07, 6.45) is 0. The lowest BCUT2D eigenvalue weighted by Gasteiger charge is -2.09. The van der Waals surface area contributed by atoms with Gasteiger partial charge >= 0.3 is 5.97 Å². The number of methoxy groups -OCH3 is 1. The monoisotopic (exact) mass is 292 g/mol. The molecule has 5 heteroatoms. The van der Waals surface area contributed by atoms with E-state index in [0.717, 1.165) is 10.5 Å². The Morgan fingerprint density at radius 3 is 2.55 bits per heavy atom. The first-order valence-electron chi connectivity index (χ1n) is 5.88. The van der Waals surface area contributed by atoms with Gasteiger partial charge in [-0.25, -0.2) is 9.18 Å². The van der Waals surface area contributed by atoms with Crippen LogP contribution in [-0.4, -0.2) is 18.2 Å². The number of aromatic carboxylic acids is 1. The average Bonchev–Trinajstić information content (AvgIpc) is 2.46. The van der Waals surface area contributed by atoms with Crippen LogP contribution in [0.15, 0.2) is 47.4 Å². The lowest BCUT2D eigenvalue weighted by molar-refractivity contribution is 0.0696. The lowest BCUT2D eigenvalue weighted by atomic mass is 10.1. The second-order valence-electron chi connectivity index (χ2n) is 4.07. The van der Waals surface area contributed by atoms with E-state index in [4.69, 9.17) is 9.84 Å². The maximum absolute atomic E-state index is 12.8. The number of carboxylic acids is 1. The van der Waals surface area contributed by atoms with Crippen LogP contribution in [0.4, 0.5) is 4.39 Å². The molecule has 0 unspecified atom stereocenters. The van der Waals surface area contributed by atoms with E-state index < -0.39 is 5.97 Å². The van der Waals surface area contributed by atoms with Crippen LogP contribution in [0.2, 0.25) is 0 Å². The van der Waals surface area contributed by atoms with Crippen molar-refractivity contribution < 1.29 is 19.0 Å². The summed E-state index contributed by atoms with van der Waals surface area (Å²) in [6.45, 7) is 0. The fraction of sp³-hybridized carbons (Fsp3) is 0.133. The highest BCUT2D eigenvalue weighted by molar-refractivity contribution is 7.98. The minimum absolute atomic E-state index is 0.223. The van der Waals surface area contributed by atoms with E-state index >= 15 is 0 Å². The van der Waals surface area contributed by atoms with Gasteiger partial charge < -0.3 is 9.84 Å². The predicted octanol–water partition coefficient (Wildman–Crippen LogP) is 3.82. The van der Waals surface area contributed by atoms with Crippen molar-refractivity contribution in [3.8, 4) is 5.75 Å². The quantitative estimate of drug-likeness (QED) is 0.851. The average molecular weight is 292 g/mol. The molecule has 0 aliphatic carbocycles. The van der Waals surface area contributed by atoms with Crippen LogP contribution in [0.5, 0.6) is 5.75 Å². The van der Waals surface area contributed by atoms with Crippen LogP contribution in [-0.2, 0) is 5.75 Å². The van der Waals surface area contributed by atoms with Crippen molar-refractivity contribution in [1.82, 2.24) is 0 Å². The summed E-state index contributed by atoms with van der Waals surface area (Å²) in [5.41, 5.74) is 1.02. The molecule has 0 bridgehead atoms. The third kappa shape index (κ3) is 3.51. The van der Waals surface area contributed by atoms with Crippen molar-refractivity contribution in [2.75, 3.05) is 7.11 Å². The molecule has 1 N–H and O–H groups in total. The maximum Gasteiger partial charge on any atom is 0.335 e. The fourth-order valence-corrected chi connectivity index (χ4v) is 2.59. The van der Waals surface area contributed by atoms with Gasteiger partial charge in [-0.05, 0) is 42.5 Å². The van der Waals surface area contributed by atoms with E-state index in [2.05, 4.69) is 0 Å². The van der Waals surface area contributed by atoms with Crippen molar-refractivity contribution in [2.45, 2.75) is 10.6 Å². The van der Waals surface area contributed by atoms with E-state index in [1.54, 1.807) is 31.4 Å². The Morgan fingerprint density at radius 1 is 1.25 bits per heavy atom. The molecule has 2 aromatic rings. The number of rotatable bonds is 5. The molecular weight excluding hydrogens is 279 g/mol. The van der Waals surface area contributed by atoms with Gasteiger partial charge in [-0.2, -0.15) is 0 Å². The standard InChI is InChI=1S/C15H13FO3S/c1-19-14-7-2-10(15(17)18)8-11(14)9-20-13-5-3-12(16)4-6-13/h2-8H,9H2,1H3,(H,17,18). The van der Waals surface area contributed by atoms with Gasteiger partial charge in [-0.1, -0.05) is 0 Å². The molecule has 2 rings (SSSR count). The normalized spacial score (nSPS) is 10.3. The highest BCUT2D eigenvalue weighted by Crippen LogP contribution is 2.29. The van der Waals surface area contributed by atoms with Crippen molar-refractivity contribution in [1.29, 1.82) is 0 Å². The Balaban J connectivity index is 2.16. The Hall–Kier alpha value is -2.01. The van der Waals surface area contributed by atoms with Crippen molar-refractivity contribution in [2.24, 2.45) is 0 Å². The molecule has 0 aliphatic rings. The maximum atomic E-state index is 12.8. The van der Waals surface area contributed by atoms with Crippen LogP contribution in [0.25, 0.3) is 0 Å². The third-order valence-corrected chi connectivity index (χ3v) is 3.80. The molecule has 0 saturated heterocycles. The molecule has 3 nitrogen and oxygen atoms in total. The number of hydrogen-bond donors (Lipinski definition) is 1. The van der Waals surface area contributed by atoms with Crippen LogP contribution in [0, 0.1) is 5.82 Å². The number of ether oxygens (including phenoxy) is 1. The predicted molar refractivity (Wildman–Crippen MR) is 75.9 cm³/mol. The molecule has 0 amide bonds. The summed E-state index contributed by atoms with van der Waals surface area (Å²) in [5.74, 6) is -0.0549. The van der Waals surface area contributed by atoms with E-state index in [9.17, 15) is 9.18 Å². The zero-order valence-corrected chi connectivity index (χ0v) is 11.6. The molecular formula is C15H13FO3S. The highest BCUT2D eigenvalue weighted by Gasteiger charge is 2.09. The van der Waals surface area contributed by atoms with E-state index in [-0.39, 0.29) is 11.4 Å².